The predicted octanol–water partition coefficient (Wildman–Crippen LogP) is 4.66. The Morgan fingerprint density at radius 1 is 1.12 bits per heavy atom. The third kappa shape index (κ3) is 8.61. The van der Waals surface area contributed by atoms with E-state index in [1.165, 1.54) is 24.0 Å². The second-order valence-corrected chi connectivity index (χ2v) is 10.7. The highest BCUT2D eigenvalue weighted by Crippen LogP contribution is 2.36. The minimum Gasteiger partial charge on any atom is -0.497 e. The summed E-state index contributed by atoms with van der Waals surface area (Å²) in [4.78, 5) is 28.4. The number of carbonyl (C=O) groups excluding carboxylic acids is 2. The number of methoxy groups -OCH3 is 1. The van der Waals surface area contributed by atoms with Crippen molar-refractivity contribution in [1.29, 1.82) is 0 Å². The summed E-state index contributed by atoms with van der Waals surface area (Å²) in [7, 11) is 5.59. The number of hydrogen-bond acceptors (Lipinski definition) is 9. The van der Waals surface area contributed by atoms with E-state index in [2.05, 4.69) is 41.4 Å². The normalized spacial score (nSPS) is 11.9. The Morgan fingerprint density at radius 2 is 1.93 bits per heavy atom. The Kier molecular flexibility index (Phi) is 10.4. The SMILES string of the molecule is COc1ccc(C=NNC(=O)c2cc(Cl)ccc2NC(=O)c2cccc(C(CCN(C)C)Sc3nn[nH]n3)c2)cc1. The summed E-state index contributed by atoms with van der Waals surface area (Å²) in [5, 5.41) is 22.0. The van der Waals surface area contributed by atoms with Crippen LogP contribution in [0.15, 0.2) is 77.0 Å². The molecule has 0 bridgehead atoms. The molecule has 41 heavy (non-hydrogen) atoms. The number of aromatic nitrogens is 4. The summed E-state index contributed by atoms with van der Waals surface area (Å²) in [6, 6.07) is 19.2. The van der Waals surface area contributed by atoms with E-state index in [9.17, 15) is 9.59 Å². The second kappa shape index (κ2) is 14.4. The molecule has 0 saturated carbocycles. The minimum absolute atomic E-state index is 0.0109. The largest absolute Gasteiger partial charge is 0.497 e. The van der Waals surface area contributed by atoms with E-state index in [0.717, 1.165) is 24.1 Å². The summed E-state index contributed by atoms with van der Waals surface area (Å²) in [6.07, 6.45) is 2.31. The van der Waals surface area contributed by atoms with Crippen LogP contribution < -0.4 is 15.5 Å². The monoisotopic (exact) mass is 592 g/mol. The number of thioether (sulfide) groups is 1. The van der Waals surface area contributed by atoms with Crippen molar-refractivity contribution in [1.82, 2.24) is 30.9 Å². The summed E-state index contributed by atoms with van der Waals surface area (Å²) in [5.41, 5.74) is 5.10. The molecular formula is C28H29ClN8O3S. The van der Waals surface area contributed by atoms with Crippen LogP contribution in [0, 0.1) is 0 Å². The molecule has 0 radical (unpaired) electrons. The van der Waals surface area contributed by atoms with Crippen LogP contribution in [-0.4, -0.2) is 71.3 Å². The van der Waals surface area contributed by atoms with E-state index in [1.807, 2.05) is 32.3 Å². The van der Waals surface area contributed by atoms with Crippen LogP contribution >= 0.6 is 23.4 Å². The van der Waals surface area contributed by atoms with Crippen LogP contribution in [-0.2, 0) is 0 Å². The number of hydrazone groups is 1. The number of amides is 2. The Balaban J connectivity index is 1.49. The zero-order valence-electron chi connectivity index (χ0n) is 22.7. The molecule has 1 unspecified atom stereocenters. The first-order chi connectivity index (χ1) is 19.8. The molecule has 1 heterocycles. The lowest BCUT2D eigenvalue weighted by Gasteiger charge is -2.18. The van der Waals surface area contributed by atoms with Crippen molar-refractivity contribution in [2.45, 2.75) is 16.8 Å². The fourth-order valence-electron chi connectivity index (χ4n) is 3.80. The van der Waals surface area contributed by atoms with Gasteiger partial charge in [0.05, 0.1) is 24.6 Å². The fourth-order valence-corrected chi connectivity index (χ4v) is 4.92. The van der Waals surface area contributed by atoms with E-state index in [0.29, 0.717) is 27.2 Å². The van der Waals surface area contributed by atoms with Crippen molar-refractivity contribution >= 4 is 47.1 Å². The van der Waals surface area contributed by atoms with Gasteiger partial charge in [0.2, 0.25) is 5.16 Å². The number of H-pyrrole nitrogens is 1. The molecule has 0 spiro atoms. The second-order valence-electron chi connectivity index (χ2n) is 9.13. The van der Waals surface area contributed by atoms with Gasteiger partial charge in [-0.2, -0.15) is 10.3 Å². The van der Waals surface area contributed by atoms with Crippen LogP contribution in [0.25, 0.3) is 0 Å². The molecule has 1 atom stereocenters. The first-order valence-electron chi connectivity index (χ1n) is 12.6. The number of tetrazole rings is 1. The molecule has 3 aromatic carbocycles. The zero-order valence-corrected chi connectivity index (χ0v) is 24.2. The molecule has 4 rings (SSSR count). The summed E-state index contributed by atoms with van der Waals surface area (Å²) < 4.78 is 5.14. The highest BCUT2D eigenvalue weighted by atomic mass is 35.5. The molecule has 0 saturated heterocycles. The van der Waals surface area contributed by atoms with Crippen molar-refractivity contribution in [3.05, 3.63) is 94.0 Å². The van der Waals surface area contributed by atoms with E-state index in [1.54, 1.807) is 49.6 Å². The lowest BCUT2D eigenvalue weighted by molar-refractivity contribution is 0.0956. The Labute approximate surface area is 246 Å². The Hall–Kier alpha value is -4.26. The number of halogens is 1. The number of benzene rings is 3. The van der Waals surface area contributed by atoms with Crippen molar-refractivity contribution in [2.24, 2.45) is 5.10 Å². The molecule has 3 N–H and O–H groups in total. The molecule has 212 valence electrons. The number of nitrogens with one attached hydrogen (secondary N) is 3. The number of rotatable bonds is 12. The van der Waals surface area contributed by atoms with Gasteiger partial charge >= 0.3 is 0 Å². The number of nitrogens with zero attached hydrogens (tertiary/aromatic N) is 5. The lowest BCUT2D eigenvalue weighted by Crippen LogP contribution is -2.21. The molecule has 0 aliphatic rings. The number of ether oxygens (including phenoxy) is 1. The maximum Gasteiger partial charge on any atom is 0.273 e. The van der Waals surface area contributed by atoms with Gasteiger partial charge in [0.15, 0.2) is 0 Å². The van der Waals surface area contributed by atoms with E-state index in [-0.39, 0.29) is 16.7 Å². The number of anilines is 1. The molecule has 11 nitrogen and oxygen atoms in total. The van der Waals surface area contributed by atoms with Gasteiger partial charge in [0.1, 0.15) is 5.75 Å². The van der Waals surface area contributed by atoms with Gasteiger partial charge in [-0.1, -0.05) is 35.5 Å². The smallest absolute Gasteiger partial charge is 0.273 e. The van der Waals surface area contributed by atoms with Gasteiger partial charge < -0.3 is 15.0 Å². The van der Waals surface area contributed by atoms with Crippen molar-refractivity contribution in [3.8, 4) is 5.75 Å². The quantitative estimate of drug-likeness (QED) is 0.123. The van der Waals surface area contributed by atoms with Crippen LogP contribution in [0.1, 0.15) is 43.5 Å². The summed E-state index contributed by atoms with van der Waals surface area (Å²) >= 11 is 7.64. The van der Waals surface area contributed by atoms with Gasteiger partial charge in [-0.3, -0.25) is 9.59 Å². The van der Waals surface area contributed by atoms with E-state index in [4.69, 9.17) is 16.3 Å². The molecule has 4 aromatic rings. The molecule has 13 heteroatoms. The standard InChI is InChI=1S/C28H29ClN8O3S/c1-37(2)14-13-25(41-28-33-35-36-34-28)19-5-4-6-20(15-19)26(38)31-24-12-9-21(29)16-23(24)27(39)32-30-17-18-7-10-22(40-3)11-8-18/h4-12,15-17,25H,13-14H2,1-3H3,(H,31,38)(H,32,39)(H,33,34,35,36). The van der Waals surface area contributed by atoms with Gasteiger partial charge in [0, 0.05) is 15.8 Å². The summed E-state index contributed by atoms with van der Waals surface area (Å²) in [5.74, 6) is -0.187. The molecule has 1 aromatic heterocycles. The first kappa shape index (κ1) is 29.7. The molecular weight excluding hydrogens is 564 g/mol. The number of hydrogen-bond donors (Lipinski definition) is 3. The van der Waals surface area contributed by atoms with Gasteiger partial charge in [-0.25, -0.2) is 5.43 Å². The van der Waals surface area contributed by atoms with Gasteiger partial charge in [-0.05, 0) is 98.0 Å². The molecule has 0 fully saturated rings. The van der Waals surface area contributed by atoms with Crippen LogP contribution in [0.3, 0.4) is 0 Å². The van der Waals surface area contributed by atoms with Crippen LogP contribution in [0.2, 0.25) is 5.02 Å². The Bertz CT molecular complexity index is 1500. The average Bonchev–Trinajstić information content (AvgIpc) is 3.49. The topological polar surface area (TPSA) is 137 Å². The third-order valence-corrected chi connectivity index (χ3v) is 7.31. The highest BCUT2D eigenvalue weighted by Gasteiger charge is 2.19. The average molecular weight is 593 g/mol. The first-order valence-corrected chi connectivity index (χ1v) is 13.8. The van der Waals surface area contributed by atoms with Crippen molar-refractivity contribution in [2.75, 3.05) is 33.1 Å². The number of carbonyl (C=O) groups is 2. The minimum atomic E-state index is -0.526. The fraction of sp³-hybridized carbons (Fsp3) is 0.214. The highest BCUT2D eigenvalue weighted by molar-refractivity contribution is 7.99. The molecule has 0 aliphatic carbocycles. The van der Waals surface area contributed by atoms with Crippen molar-refractivity contribution < 1.29 is 14.3 Å². The molecule has 2 amide bonds. The predicted molar refractivity (Wildman–Crippen MR) is 160 cm³/mol. The van der Waals surface area contributed by atoms with Crippen molar-refractivity contribution in [3.63, 3.8) is 0 Å². The third-order valence-electron chi connectivity index (χ3n) is 5.90. The summed E-state index contributed by atoms with van der Waals surface area (Å²) in [6.45, 7) is 0.829. The maximum atomic E-state index is 13.3. The van der Waals surface area contributed by atoms with Crippen LogP contribution in [0.4, 0.5) is 5.69 Å². The van der Waals surface area contributed by atoms with E-state index >= 15 is 0 Å². The maximum absolute atomic E-state index is 13.3. The Morgan fingerprint density at radius 3 is 2.63 bits per heavy atom. The lowest BCUT2D eigenvalue weighted by atomic mass is 10.0. The number of aromatic amines is 1. The zero-order chi connectivity index (χ0) is 29.2. The van der Waals surface area contributed by atoms with Gasteiger partial charge in [0.25, 0.3) is 11.8 Å². The van der Waals surface area contributed by atoms with Crippen LogP contribution in [0.5, 0.6) is 5.75 Å². The molecule has 0 aliphatic heterocycles. The van der Waals surface area contributed by atoms with Gasteiger partial charge in [-0.15, -0.1) is 10.2 Å². The van der Waals surface area contributed by atoms with E-state index < -0.39 is 5.91 Å².